The van der Waals surface area contributed by atoms with Gasteiger partial charge in [0.25, 0.3) is 5.56 Å². The van der Waals surface area contributed by atoms with E-state index in [1.54, 1.807) is 24.3 Å². The largest absolute Gasteiger partial charge is 0.469 e. The molecule has 0 bridgehead atoms. The van der Waals surface area contributed by atoms with Crippen molar-refractivity contribution in [3.8, 4) is 5.69 Å². The Morgan fingerprint density at radius 2 is 2.08 bits per heavy atom. The van der Waals surface area contributed by atoms with Crippen LogP contribution in [-0.4, -0.2) is 28.4 Å². The van der Waals surface area contributed by atoms with Crippen LogP contribution in [0.5, 0.6) is 0 Å². The molecular weight excluding hydrogens is 379 g/mol. The molecule has 5 nitrogen and oxygen atoms in total. The summed E-state index contributed by atoms with van der Waals surface area (Å²) in [7, 11) is 1.32. The molecule has 26 heavy (non-hydrogen) atoms. The molecule has 0 N–H and O–H groups in total. The summed E-state index contributed by atoms with van der Waals surface area (Å²) in [5.41, 5.74) is 0.654. The molecular formula is C18H14ClFN2O3S. The number of para-hydroxylation sites is 1. The molecule has 8 heteroatoms. The van der Waals surface area contributed by atoms with E-state index in [9.17, 15) is 14.0 Å². The maximum absolute atomic E-state index is 13.5. The number of fused-ring (bicyclic) bond motifs is 1. The van der Waals surface area contributed by atoms with Gasteiger partial charge in [0.2, 0.25) is 0 Å². The van der Waals surface area contributed by atoms with Crippen molar-refractivity contribution in [3.05, 3.63) is 63.7 Å². The molecule has 0 amide bonds. The zero-order chi connectivity index (χ0) is 18.7. The lowest BCUT2D eigenvalue weighted by atomic mass is 10.2. The van der Waals surface area contributed by atoms with E-state index >= 15 is 0 Å². The third kappa shape index (κ3) is 3.73. The highest BCUT2D eigenvalue weighted by molar-refractivity contribution is 7.99. The Kier molecular flexibility index (Phi) is 5.58. The lowest BCUT2D eigenvalue weighted by molar-refractivity contribution is -0.140. The summed E-state index contributed by atoms with van der Waals surface area (Å²) in [6.07, 6.45) is 0.175. The number of carbonyl (C=O) groups is 1. The van der Waals surface area contributed by atoms with Crippen molar-refractivity contribution < 1.29 is 13.9 Å². The van der Waals surface area contributed by atoms with Gasteiger partial charge in [0.05, 0.1) is 35.1 Å². The first kappa shape index (κ1) is 18.4. The van der Waals surface area contributed by atoms with E-state index in [-0.39, 0.29) is 23.0 Å². The van der Waals surface area contributed by atoms with Gasteiger partial charge in [-0.1, -0.05) is 35.5 Å². The van der Waals surface area contributed by atoms with Crippen molar-refractivity contribution in [2.24, 2.45) is 0 Å². The van der Waals surface area contributed by atoms with Gasteiger partial charge in [-0.15, -0.1) is 0 Å². The number of esters is 1. The molecule has 0 saturated carbocycles. The van der Waals surface area contributed by atoms with Crippen molar-refractivity contribution in [1.82, 2.24) is 9.55 Å². The molecule has 0 aliphatic heterocycles. The number of benzene rings is 2. The normalized spacial score (nSPS) is 10.9. The van der Waals surface area contributed by atoms with Gasteiger partial charge in [0, 0.05) is 5.75 Å². The Morgan fingerprint density at radius 1 is 1.31 bits per heavy atom. The van der Waals surface area contributed by atoms with Gasteiger partial charge in [0.1, 0.15) is 5.82 Å². The number of ether oxygens (including phenoxy) is 1. The highest BCUT2D eigenvalue weighted by Crippen LogP contribution is 2.24. The Morgan fingerprint density at radius 3 is 2.81 bits per heavy atom. The Hall–Kier alpha value is -2.38. The smallest absolute Gasteiger partial charge is 0.306 e. The average molecular weight is 393 g/mol. The fourth-order valence-corrected chi connectivity index (χ4v) is 3.50. The van der Waals surface area contributed by atoms with Gasteiger partial charge < -0.3 is 4.74 Å². The van der Waals surface area contributed by atoms with Crippen molar-refractivity contribution in [1.29, 1.82) is 0 Å². The lowest BCUT2D eigenvalue weighted by Gasteiger charge is -2.13. The van der Waals surface area contributed by atoms with Crippen LogP contribution in [0.1, 0.15) is 6.42 Å². The summed E-state index contributed by atoms with van der Waals surface area (Å²) < 4.78 is 19.5. The molecule has 0 atom stereocenters. The van der Waals surface area contributed by atoms with Crippen molar-refractivity contribution in [2.45, 2.75) is 11.6 Å². The summed E-state index contributed by atoms with van der Waals surface area (Å²) in [6, 6.07) is 11.0. The summed E-state index contributed by atoms with van der Waals surface area (Å²) in [5, 5.41) is 0.735. The molecule has 0 spiro atoms. The van der Waals surface area contributed by atoms with Gasteiger partial charge in [-0.25, -0.2) is 9.37 Å². The fraction of sp³-hybridized carbons (Fsp3) is 0.167. The van der Waals surface area contributed by atoms with Crippen molar-refractivity contribution in [2.75, 3.05) is 12.9 Å². The van der Waals surface area contributed by atoms with Crippen LogP contribution in [0.3, 0.4) is 0 Å². The number of nitrogens with zero attached hydrogens (tertiary/aromatic N) is 2. The van der Waals surface area contributed by atoms with E-state index in [0.717, 1.165) is 0 Å². The van der Waals surface area contributed by atoms with Gasteiger partial charge in [-0.2, -0.15) is 0 Å². The zero-order valence-electron chi connectivity index (χ0n) is 13.7. The first-order valence-electron chi connectivity index (χ1n) is 7.68. The topological polar surface area (TPSA) is 61.2 Å². The number of carbonyl (C=O) groups excluding carboxylic acids is 1. The van der Waals surface area contributed by atoms with Crippen LogP contribution in [0.25, 0.3) is 16.6 Å². The Balaban J connectivity index is 2.12. The van der Waals surface area contributed by atoms with E-state index in [1.807, 2.05) is 0 Å². The van der Waals surface area contributed by atoms with Gasteiger partial charge in [-0.3, -0.25) is 14.2 Å². The highest BCUT2D eigenvalue weighted by atomic mass is 35.5. The first-order chi connectivity index (χ1) is 12.5. The summed E-state index contributed by atoms with van der Waals surface area (Å²) in [5.74, 6) is -0.541. The number of methoxy groups -OCH3 is 1. The number of thioether (sulfide) groups is 1. The quantitative estimate of drug-likeness (QED) is 0.375. The third-order valence-electron chi connectivity index (χ3n) is 3.67. The highest BCUT2D eigenvalue weighted by Gasteiger charge is 2.15. The molecule has 2 aromatic carbocycles. The summed E-state index contributed by atoms with van der Waals surface area (Å²) in [4.78, 5) is 28.8. The minimum Gasteiger partial charge on any atom is -0.469 e. The monoisotopic (exact) mass is 392 g/mol. The van der Waals surface area contributed by atoms with Crippen LogP contribution in [0.2, 0.25) is 5.02 Å². The van der Waals surface area contributed by atoms with Crippen LogP contribution >= 0.6 is 23.4 Å². The van der Waals surface area contributed by atoms with Crippen LogP contribution in [0.4, 0.5) is 4.39 Å². The number of hydrogen-bond donors (Lipinski definition) is 0. The van der Waals surface area contributed by atoms with E-state index in [0.29, 0.717) is 27.5 Å². The summed E-state index contributed by atoms with van der Waals surface area (Å²) in [6.45, 7) is 0. The maximum Gasteiger partial charge on any atom is 0.306 e. The minimum atomic E-state index is -0.572. The molecule has 0 aliphatic rings. The number of rotatable bonds is 5. The molecule has 0 saturated heterocycles. The molecule has 0 radical (unpaired) electrons. The summed E-state index contributed by atoms with van der Waals surface area (Å²) >= 11 is 7.11. The molecule has 3 rings (SSSR count). The minimum absolute atomic E-state index is 0.0898. The molecule has 1 heterocycles. The van der Waals surface area contributed by atoms with Crippen LogP contribution < -0.4 is 5.56 Å². The first-order valence-corrected chi connectivity index (χ1v) is 9.04. The average Bonchev–Trinajstić information content (AvgIpc) is 2.64. The third-order valence-corrected chi connectivity index (χ3v) is 4.90. The number of aromatic nitrogens is 2. The Labute approximate surface area is 157 Å². The predicted molar refractivity (Wildman–Crippen MR) is 99.7 cm³/mol. The number of hydrogen-bond acceptors (Lipinski definition) is 5. The second-order valence-corrected chi connectivity index (χ2v) is 6.79. The molecule has 0 fully saturated rings. The van der Waals surface area contributed by atoms with Crippen LogP contribution in [-0.2, 0) is 9.53 Å². The molecule has 0 unspecified atom stereocenters. The van der Waals surface area contributed by atoms with Gasteiger partial charge in [0.15, 0.2) is 5.16 Å². The van der Waals surface area contributed by atoms with Gasteiger partial charge >= 0.3 is 5.97 Å². The standard InChI is InChI=1S/C18H14ClFN2O3S/c1-25-16(23)8-9-26-18-21-15-5-3-2-4-12(15)17(24)22(18)11-6-7-14(20)13(19)10-11/h2-7,10H,8-9H2,1H3. The van der Waals surface area contributed by atoms with Crippen LogP contribution in [0, 0.1) is 5.82 Å². The Bertz CT molecular complexity index is 1040. The van der Waals surface area contributed by atoms with E-state index < -0.39 is 5.82 Å². The maximum atomic E-state index is 13.5. The van der Waals surface area contributed by atoms with E-state index in [4.69, 9.17) is 11.6 Å². The van der Waals surface area contributed by atoms with E-state index in [1.165, 1.54) is 41.6 Å². The van der Waals surface area contributed by atoms with E-state index in [2.05, 4.69) is 9.72 Å². The lowest BCUT2D eigenvalue weighted by Crippen LogP contribution is -2.22. The fourth-order valence-electron chi connectivity index (χ4n) is 2.39. The van der Waals surface area contributed by atoms with Gasteiger partial charge in [-0.05, 0) is 30.3 Å². The second kappa shape index (κ2) is 7.88. The predicted octanol–water partition coefficient (Wildman–Crippen LogP) is 3.83. The van der Waals surface area contributed by atoms with Crippen LogP contribution in [0.15, 0.2) is 52.4 Å². The van der Waals surface area contributed by atoms with Crippen molar-refractivity contribution >= 4 is 40.2 Å². The SMILES string of the molecule is COC(=O)CCSc1nc2ccccc2c(=O)n1-c1ccc(F)c(Cl)c1. The molecule has 0 aliphatic carbocycles. The second-order valence-electron chi connectivity index (χ2n) is 5.33. The number of halogens is 2. The zero-order valence-corrected chi connectivity index (χ0v) is 15.3. The molecule has 134 valence electrons. The molecule has 3 aromatic rings. The molecule has 1 aromatic heterocycles. The van der Waals surface area contributed by atoms with Crippen molar-refractivity contribution in [3.63, 3.8) is 0 Å².